The van der Waals surface area contributed by atoms with Gasteiger partial charge in [-0.05, 0) is 37.1 Å². The summed E-state index contributed by atoms with van der Waals surface area (Å²) < 4.78 is 10.7. The van der Waals surface area contributed by atoms with Crippen LogP contribution in [0.15, 0.2) is 18.2 Å². The standard InChI is InChI=1S/C13H13NO2S/c1-3-12-14-8(2)13(17-12)9-4-5-10-11(6-9)16-7-15-10/h4-6H,3,7H2,1-2H3. The van der Waals surface area contributed by atoms with E-state index in [9.17, 15) is 0 Å². The van der Waals surface area contributed by atoms with Crippen molar-refractivity contribution < 1.29 is 9.47 Å². The number of fused-ring (bicyclic) bond motifs is 1. The van der Waals surface area contributed by atoms with Gasteiger partial charge >= 0.3 is 0 Å². The van der Waals surface area contributed by atoms with Gasteiger partial charge in [0.15, 0.2) is 11.5 Å². The second-order valence-corrected chi connectivity index (χ2v) is 5.03. The molecule has 3 nitrogen and oxygen atoms in total. The highest BCUT2D eigenvalue weighted by atomic mass is 32.1. The quantitative estimate of drug-likeness (QED) is 0.815. The number of rotatable bonds is 2. The average molecular weight is 247 g/mol. The minimum absolute atomic E-state index is 0.320. The number of benzene rings is 1. The fourth-order valence-corrected chi connectivity index (χ4v) is 2.91. The molecular formula is C13H13NO2S. The van der Waals surface area contributed by atoms with Crippen LogP contribution in [-0.2, 0) is 6.42 Å². The van der Waals surface area contributed by atoms with Gasteiger partial charge in [0.1, 0.15) is 0 Å². The Hall–Kier alpha value is -1.55. The number of ether oxygens (including phenoxy) is 2. The maximum Gasteiger partial charge on any atom is 0.231 e. The van der Waals surface area contributed by atoms with E-state index in [0.717, 1.165) is 29.2 Å². The topological polar surface area (TPSA) is 31.4 Å². The molecule has 0 fully saturated rings. The summed E-state index contributed by atoms with van der Waals surface area (Å²) in [6.07, 6.45) is 0.982. The first-order valence-corrected chi connectivity index (χ1v) is 6.46. The highest BCUT2D eigenvalue weighted by molar-refractivity contribution is 7.15. The van der Waals surface area contributed by atoms with Crippen molar-refractivity contribution in [2.24, 2.45) is 0 Å². The number of nitrogens with zero attached hydrogens (tertiary/aromatic N) is 1. The van der Waals surface area contributed by atoms with E-state index < -0.39 is 0 Å². The van der Waals surface area contributed by atoms with Gasteiger partial charge in [0.25, 0.3) is 0 Å². The van der Waals surface area contributed by atoms with Crippen molar-refractivity contribution in [2.75, 3.05) is 6.79 Å². The summed E-state index contributed by atoms with van der Waals surface area (Å²) in [6.45, 7) is 4.50. The van der Waals surface area contributed by atoms with Crippen molar-refractivity contribution in [3.8, 4) is 21.9 Å². The lowest BCUT2D eigenvalue weighted by molar-refractivity contribution is 0.174. The predicted octanol–water partition coefficient (Wildman–Crippen LogP) is 3.41. The summed E-state index contributed by atoms with van der Waals surface area (Å²) in [4.78, 5) is 5.77. The van der Waals surface area contributed by atoms with Crippen LogP contribution in [0.2, 0.25) is 0 Å². The smallest absolute Gasteiger partial charge is 0.231 e. The highest BCUT2D eigenvalue weighted by Gasteiger charge is 2.16. The number of hydrogen-bond donors (Lipinski definition) is 0. The van der Waals surface area contributed by atoms with E-state index in [4.69, 9.17) is 9.47 Å². The van der Waals surface area contributed by atoms with Gasteiger partial charge in [-0.15, -0.1) is 11.3 Å². The Morgan fingerprint density at radius 3 is 2.88 bits per heavy atom. The Labute approximate surface area is 104 Å². The zero-order valence-electron chi connectivity index (χ0n) is 9.82. The van der Waals surface area contributed by atoms with Crippen LogP contribution in [0.25, 0.3) is 10.4 Å². The predicted molar refractivity (Wildman–Crippen MR) is 67.8 cm³/mol. The van der Waals surface area contributed by atoms with Crippen LogP contribution in [0, 0.1) is 6.92 Å². The molecule has 2 heterocycles. The zero-order chi connectivity index (χ0) is 11.8. The first kappa shape index (κ1) is 10.6. The average Bonchev–Trinajstić information content (AvgIpc) is 2.93. The Kier molecular flexibility index (Phi) is 2.52. The van der Waals surface area contributed by atoms with Gasteiger partial charge in [0.05, 0.1) is 15.6 Å². The second kappa shape index (κ2) is 4.04. The maximum atomic E-state index is 5.40. The Morgan fingerprint density at radius 2 is 2.12 bits per heavy atom. The van der Waals surface area contributed by atoms with E-state index in [0.29, 0.717) is 6.79 Å². The molecule has 4 heteroatoms. The van der Waals surface area contributed by atoms with Crippen LogP contribution in [-0.4, -0.2) is 11.8 Å². The first-order valence-electron chi connectivity index (χ1n) is 5.64. The molecule has 0 aliphatic carbocycles. The molecule has 1 aliphatic rings. The van der Waals surface area contributed by atoms with E-state index in [1.54, 1.807) is 11.3 Å². The van der Waals surface area contributed by atoms with Crippen molar-refractivity contribution >= 4 is 11.3 Å². The molecule has 0 N–H and O–H groups in total. The lowest BCUT2D eigenvalue weighted by Crippen LogP contribution is -1.92. The van der Waals surface area contributed by atoms with Crippen LogP contribution < -0.4 is 9.47 Å². The molecule has 88 valence electrons. The van der Waals surface area contributed by atoms with Crippen molar-refractivity contribution in [3.05, 3.63) is 28.9 Å². The molecular weight excluding hydrogens is 234 g/mol. The van der Waals surface area contributed by atoms with Gasteiger partial charge in [-0.3, -0.25) is 0 Å². The second-order valence-electron chi connectivity index (χ2n) is 3.94. The molecule has 0 saturated heterocycles. The van der Waals surface area contributed by atoms with Crippen molar-refractivity contribution in [1.29, 1.82) is 0 Å². The zero-order valence-corrected chi connectivity index (χ0v) is 10.6. The normalized spacial score (nSPS) is 13.1. The molecule has 0 unspecified atom stereocenters. The highest BCUT2D eigenvalue weighted by Crippen LogP contribution is 2.38. The number of thiazole rings is 1. The Morgan fingerprint density at radius 1 is 1.29 bits per heavy atom. The van der Waals surface area contributed by atoms with Gasteiger partial charge in [0, 0.05) is 0 Å². The molecule has 0 spiro atoms. The van der Waals surface area contributed by atoms with Crippen LogP contribution >= 0.6 is 11.3 Å². The molecule has 1 aliphatic heterocycles. The molecule has 0 atom stereocenters. The van der Waals surface area contributed by atoms with Crippen LogP contribution in [0.3, 0.4) is 0 Å². The summed E-state index contributed by atoms with van der Waals surface area (Å²) in [5.74, 6) is 1.65. The summed E-state index contributed by atoms with van der Waals surface area (Å²) in [5, 5.41) is 1.18. The van der Waals surface area contributed by atoms with Gasteiger partial charge in [-0.25, -0.2) is 4.98 Å². The van der Waals surface area contributed by atoms with Crippen LogP contribution in [0.4, 0.5) is 0 Å². The molecule has 17 heavy (non-hydrogen) atoms. The molecule has 1 aromatic heterocycles. The van der Waals surface area contributed by atoms with Crippen molar-refractivity contribution in [2.45, 2.75) is 20.3 Å². The molecule has 3 rings (SSSR count). The lowest BCUT2D eigenvalue weighted by Gasteiger charge is -2.00. The van der Waals surface area contributed by atoms with Crippen molar-refractivity contribution in [1.82, 2.24) is 4.98 Å². The molecule has 0 bridgehead atoms. The van der Waals surface area contributed by atoms with Crippen molar-refractivity contribution in [3.63, 3.8) is 0 Å². The molecule has 0 radical (unpaired) electrons. The first-order chi connectivity index (χ1) is 8.28. The summed E-state index contributed by atoms with van der Waals surface area (Å²) in [6, 6.07) is 6.05. The van der Waals surface area contributed by atoms with E-state index in [1.807, 2.05) is 12.1 Å². The minimum Gasteiger partial charge on any atom is -0.454 e. The number of aromatic nitrogens is 1. The van der Waals surface area contributed by atoms with Gasteiger partial charge in [0.2, 0.25) is 6.79 Å². The van der Waals surface area contributed by atoms with E-state index in [2.05, 4.69) is 24.9 Å². The fourth-order valence-electron chi connectivity index (χ4n) is 1.91. The van der Waals surface area contributed by atoms with Gasteiger partial charge in [-0.2, -0.15) is 0 Å². The maximum absolute atomic E-state index is 5.40. The third-order valence-corrected chi connectivity index (χ3v) is 4.13. The third-order valence-electron chi connectivity index (χ3n) is 2.78. The molecule has 0 amide bonds. The SMILES string of the molecule is CCc1nc(C)c(-c2ccc3c(c2)OCO3)s1. The van der Waals surface area contributed by atoms with Crippen LogP contribution in [0.1, 0.15) is 17.6 Å². The number of hydrogen-bond acceptors (Lipinski definition) is 4. The third kappa shape index (κ3) is 1.78. The minimum atomic E-state index is 0.320. The summed E-state index contributed by atoms with van der Waals surface area (Å²) in [5.41, 5.74) is 2.25. The molecule has 2 aromatic rings. The van der Waals surface area contributed by atoms with E-state index >= 15 is 0 Å². The van der Waals surface area contributed by atoms with Crippen LogP contribution in [0.5, 0.6) is 11.5 Å². The Bertz CT molecular complexity index is 563. The van der Waals surface area contributed by atoms with E-state index in [1.165, 1.54) is 9.88 Å². The van der Waals surface area contributed by atoms with E-state index in [-0.39, 0.29) is 0 Å². The largest absolute Gasteiger partial charge is 0.454 e. The fraction of sp³-hybridized carbons (Fsp3) is 0.308. The summed E-state index contributed by atoms with van der Waals surface area (Å²) in [7, 11) is 0. The number of aryl methyl sites for hydroxylation is 2. The lowest BCUT2D eigenvalue weighted by atomic mass is 10.1. The summed E-state index contributed by atoms with van der Waals surface area (Å²) >= 11 is 1.75. The van der Waals surface area contributed by atoms with Gasteiger partial charge in [-0.1, -0.05) is 6.92 Å². The Balaban J connectivity index is 2.06. The monoisotopic (exact) mass is 247 g/mol. The van der Waals surface area contributed by atoms with Gasteiger partial charge < -0.3 is 9.47 Å². The molecule has 1 aromatic carbocycles. The molecule has 0 saturated carbocycles.